The fraction of sp³-hybridized carbons (Fsp3) is 0.364. The number of halogens is 2. The Kier molecular flexibility index (Phi) is 4.21. The summed E-state index contributed by atoms with van der Waals surface area (Å²) in [6.45, 7) is 1.70. The molecule has 0 bridgehead atoms. The number of alkyl halides is 2. The number of carbonyl (C=O) groups is 1. The van der Waals surface area contributed by atoms with Crippen molar-refractivity contribution in [1.29, 1.82) is 0 Å². The van der Waals surface area contributed by atoms with Crippen molar-refractivity contribution in [2.75, 3.05) is 0 Å². The largest absolute Gasteiger partial charge is 0.348 e. The van der Waals surface area contributed by atoms with E-state index >= 15 is 0 Å². The topological polar surface area (TPSA) is 29.1 Å². The van der Waals surface area contributed by atoms with Crippen LogP contribution in [-0.4, -0.2) is 18.4 Å². The summed E-state index contributed by atoms with van der Waals surface area (Å²) < 4.78 is 23.8. The third-order valence-corrected chi connectivity index (χ3v) is 1.97. The second kappa shape index (κ2) is 5.44. The van der Waals surface area contributed by atoms with Crippen molar-refractivity contribution >= 4 is 5.91 Å². The molecule has 1 N–H and O–H groups in total. The first-order valence-corrected chi connectivity index (χ1v) is 4.72. The maximum Gasteiger partial charge on any atom is 0.315 e. The number of hydrogen-bond donors (Lipinski definition) is 1. The number of nitrogens with one attached hydrogen (secondary N) is 1. The lowest BCUT2D eigenvalue weighted by molar-refractivity contribution is -0.132. The first-order chi connectivity index (χ1) is 7.09. The van der Waals surface area contributed by atoms with E-state index in [0.717, 1.165) is 5.56 Å². The van der Waals surface area contributed by atoms with Gasteiger partial charge < -0.3 is 5.32 Å². The molecule has 0 aliphatic carbocycles. The average molecular weight is 213 g/mol. The lowest BCUT2D eigenvalue weighted by Crippen LogP contribution is -2.37. The zero-order chi connectivity index (χ0) is 11.3. The lowest BCUT2D eigenvalue weighted by atomic mass is 10.1. The predicted molar refractivity (Wildman–Crippen MR) is 53.8 cm³/mol. The van der Waals surface area contributed by atoms with Crippen LogP contribution < -0.4 is 5.32 Å². The summed E-state index contributed by atoms with van der Waals surface area (Å²) in [5, 5.41) is 2.24. The van der Waals surface area contributed by atoms with E-state index in [0.29, 0.717) is 6.42 Å². The van der Waals surface area contributed by atoms with Gasteiger partial charge in [0.1, 0.15) is 0 Å². The molecule has 0 aliphatic rings. The Morgan fingerprint density at radius 3 is 2.47 bits per heavy atom. The summed E-state index contributed by atoms with van der Waals surface area (Å²) in [6, 6.07) is 9.13. The van der Waals surface area contributed by atoms with Gasteiger partial charge in [0.15, 0.2) is 0 Å². The fourth-order valence-electron chi connectivity index (χ4n) is 1.32. The van der Waals surface area contributed by atoms with E-state index in [2.05, 4.69) is 5.32 Å². The van der Waals surface area contributed by atoms with Gasteiger partial charge in [-0.1, -0.05) is 30.3 Å². The second-order valence-corrected chi connectivity index (χ2v) is 3.40. The summed E-state index contributed by atoms with van der Waals surface area (Å²) in [6.07, 6.45) is -2.39. The Hall–Kier alpha value is -1.45. The van der Waals surface area contributed by atoms with Gasteiger partial charge in [0, 0.05) is 6.04 Å². The van der Waals surface area contributed by atoms with Crippen LogP contribution in [0.3, 0.4) is 0 Å². The van der Waals surface area contributed by atoms with Gasteiger partial charge >= 0.3 is 6.43 Å². The summed E-state index contributed by atoms with van der Waals surface area (Å²) in [7, 11) is 0. The Balaban J connectivity index is 2.43. The molecule has 1 aromatic rings. The van der Waals surface area contributed by atoms with Crippen molar-refractivity contribution in [2.24, 2.45) is 0 Å². The number of hydrogen-bond acceptors (Lipinski definition) is 1. The van der Waals surface area contributed by atoms with Gasteiger partial charge in [0.05, 0.1) is 0 Å². The van der Waals surface area contributed by atoms with E-state index in [1.807, 2.05) is 30.3 Å². The normalized spacial score (nSPS) is 12.5. The molecule has 4 heteroatoms. The van der Waals surface area contributed by atoms with Crippen molar-refractivity contribution in [3.8, 4) is 0 Å². The SMILES string of the molecule is CC(Cc1ccccc1)NC(=O)C(F)F. The number of rotatable bonds is 4. The standard InChI is InChI=1S/C11H13F2NO/c1-8(14-11(15)10(12)13)7-9-5-3-2-4-6-9/h2-6,8,10H,7H2,1H3,(H,14,15). The molecule has 2 nitrogen and oxygen atoms in total. The third kappa shape index (κ3) is 4.06. The first kappa shape index (κ1) is 11.6. The molecule has 1 unspecified atom stereocenters. The fourth-order valence-corrected chi connectivity index (χ4v) is 1.32. The highest BCUT2D eigenvalue weighted by Crippen LogP contribution is 2.03. The van der Waals surface area contributed by atoms with Gasteiger partial charge in [-0.2, -0.15) is 8.78 Å². The third-order valence-electron chi connectivity index (χ3n) is 1.97. The highest BCUT2D eigenvalue weighted by molar-refractivity contribution is 5.79. The van der Waals surface area contributed by atoms with Crippen LogP contribution in [0.1, 0.15) is 12.5 Å². The Bertz CT molecular complexity index is 314. The molecule has 15 heavy (non-hydrogen) atoms. The van der Waals surface area contributed by atoms with Gasteiger partial charge in [-0.25, -0.2) is 0 Å². The molecule has 1 rings (SSSR count). The summed E-state index contributed by atoms with van der Waals surface area (Å²) >= 11 is 0. The quantitative estimate of drug-likeness (QED) is 0.814. The number of benzene rings is 1. The van der Waals surface area contributed by atoms with Crippen LogP contribution in [0.2, 0.25) is 0 Å². The van der Waals surface area contributed by atoms with Crippen molar-refractivity contribution < 1.29 is 13.6 Å². The molecule has 1 aromatic carbocycles. The molecule has 1 amide bonds. The zero-order valence-corrected chi connectivity index (χ0v) is 8.41. The zero-order valence-electron chi connectivity index (χ0n) is 8.41. The first-order valence-electron chi connectivity index (χ1n) is 4.72. The van der Waals surface area contributed by atoms with Gasteiger partial charge in [-0.05, 0) is 18.9 Å². The Morgan fingerprint density at radius 2 is 1.93 bits per heavy atom. The number of carbonyl (C=O) groups excluding carboxylic acids is 1. The minimum Gasteiger partial charge on any atom is -0.348 e. The molecule has 82 valence electrons. The molecular weight excluding hydrogens is 200 g/mol. The average Bonchev–Trinajstić information content (AvgIpc) is 2.18. The second-order valence-electron chi connectivity index (χ2n) is 3.40. The summed E-state index contributed by atoms with van der Waals surface area (Å²) in [5.41, 5.74) is 1.01. The van der Waals surface area contributed by atoms with Crippen molar-refractivity contribution in [1.82, 2.24) is 5.32 Å². The minimum absolute atomic E-state index is 0.283. The van der Waals surface area contributed by atoms with Gasteiger partial charge in [-0.15, -0.1) is 0 Å². The maximum absolute atomic E-state index is 11.9. The van der Waals surface area contributed by atoms with E-state index < -0.39 is 12.3 Å². The van der Waals surface area contributed by atoms with Gasteiger partial charge in [0.25, 0.3) is 5.91 Å². The molecule has 1 atom stereocenters. The van der Waals surface area contributed by atoms with E-state index in [9.17, 15) is 13.6 Å². The van der Waals surface area contributed by atoms with E-state index in [1.54, 1.807) is 6.92 Å². The molecule has 0 aliphatic heterocycles. The predicted octanol–water partition coefficient (Wildman–Crippen LogP) is 2.00. The van der Waals surface area contributed by atoms with Crippen LogP contribution in [0.5, 0.6) is 0 Å². The van der Waals surface area contributed by atoms with Crippen molar-refractivity contribution in [3.05, 3.63) is 35.9 Å². The smallest absolute Gasteiger partial charge is 0.315 e. The summed E-state index contributed by atoms with van der Waals surface area (Å²) in [5.74, 6) is -1.21. The highest BCUT2D eigenvalue weighted by atomic mass is 19.3. The minimum atomic E-state index is -2.94. The highest BCUT2D eigenvalue weighted by Gasteiger charge is 2.17. The van der Waals surface area contributed by atoms with Crippen LogP contribution in [0.15, 0.2) is 30.3 Å². The van der Waals surface area contributed by atoms with Crippen molar-refractivity contribution in [2.45, 2.75) is 25.8 Å². The molecule has 0 aromatic heterocycles. The molecular formula is C11H13F2NO. The van der Waals surface area contributed by atoms with Crippen LogP contribution in [0.4, 0.5) is 8.78 Å². The number of amides is 1. The molecule has 0 spiro atoms. The maximum atomic E-state index is 11.9. The van der Waals surface area contributed by atoms with E-state index in [-0.39, 0.29) is 6.04 Å². The Labute approximate surface area is 87.3 Å². The lowest BCUT2D eigenvalue weighted by Gasteiger charge is -2.13. The Morgan fingerprint density at radius 1 is 1.33 bits per heavy atom. The van der Waals surface area contributed by atoms with Crippen molar-refractivity contribution in [3.63, 3.8) is 0 Å². The molecule has 0 saturated carbocycles. The molecule has 0 saturated heterocycles. The van der Waals surface area contributed by atoms with E-state index in [1.165, 1.54) is 0 Å². The monoisotopic (exact) mass is 213 g/mol. The molecule has 0 fully saturated rings. The van der Waals surface area contributed by atoms with Crippen LogP contribution in [-0.2, 0) is 11.2 Å². The van der Waals surface area contributed by atoms with Crippen LogP contribution in [0, 0.1) is 0 Å². The van der Waals surface area contributed by atoms with Crippen LogP contribution >= 0.6 is 0 Å². The van der Waals surface area contributed by atoms with Crippen LogP contribution in [0.25, 0.3) is 0 Å². The van der Waals surface area contributed by atoms with Gasteiger partial charge in [-0.3, -0.25) is 4.79 Å². The van der Waals surface area contributed by atoms with Gasteiger partial charge in [0.2, 0.25) is 0 Å². The molecule has 0 radical (unpaired) electrons. The molecule has 0 heterocycles. The summed E-state index contributed by atoms with van der Waals surface area (Å²) in [4.78, 5) is 10.7. The van der Waals surface area contributed by atoms with E-state index in [4.69, 9.17) is 0 Å².